The van der Waals surface area contributed by atoms with Gasteiger partial charge < -0.3 is 5.32 Å². The summed E-state index contributed by atoms with van der Waals surface area (Å²) in [5, 5.41) is 3.49. The SMILES string of the molecule is CC(=O)C1CCCCC1NC(C)C. The molecule has 0 amide bonds. The zero-order chi connectivity index (χ0) is 9.84. The van der Waals surface area contributed by atoms with Gasteiger partial charge >= 0.3 is 0 Å². The molecule has 0 aromatic rings. The monoisotopic (exact) mass is 183 g/mol. The van der Waals surface area contributed by atoms with Crippen LogP contribution in [0.1, 0.15) is 46.5 Å². The maximum Gasteiger partial charge on any atom is 0.134 e. The van der Waals surface area contributed by atoms with Crippen LogP contribution in [-0.4, -0.2) is 17.9 Å². The van der Waals surface area contributed by atoms with E-state index < -0.39 is 0 Å². The fraction of sp³-hybridized carbons (Fsp3) is 0.909. The van der Waals surface area contributed by atoms with Crippen LogP contribution < -0.4 is 5.32 Å². The van der Waals surface area contributed by atoms with E-state index in [1.165, 1.54) is 19.3 Å². The summed E-state index contributed by atoms with van der Waals surface area (Å²) >= 11 is 0. The number of ketones is 1. The lowest BCUT2D eigenvalue weighted by atomic mass is 9.82. The van der Waals surface area contributed by atoms with Gasteiger partial charge in [0.2, 0.25) is 0 Å². The summed E-state index contributed by atoms with van der Waals surface area (Å²) in [5.41, 5.74) is 0. The fourth-order valence-electron chi connectivity index (χ4n) is 2.25. The Hall–Kier alpha value is -0.370. The molecule has 1 rings (SSSR count). The number of rotatable bonds is 3. The quantitative estimate of drug-likeness (QED) is 0.726. The highest BCUT2D eigenvalue weighted by atomic mass is 16.1. The zero-order valence-corrected chi connectivity index (χ0v) is 8.97. The highest BCUT2D eigenvalue weighted by Crippen LogP contribution is 2.25. The first-order valence-corrected chi connectivity index (χ1v) is 5.37. The van der Waals surface area contributed by atoms with E-state index in [2.05, 4.69) is 19.2 Å². The Labute approximate surface area is 81.1 Å². The average molecular weight is 183 g/mol. The number of carbonyl (C=O) groups is 1. The highest BCUT2D eigenvalue weighted by Gasteiger charge is 2.28. The molecule has 2 unspecified atom stereocenters. The van der Waals surface area contributed by atoms with E-state index >= 15 is 0 Å². The summed E-state index contributed by atoms with van der Waals surface area (Å²) in [4.78, 5) is 11.4. The Balaban J connectivity index is 2.51. The second kappa shape index (κ2) is 4.75. The molecule has 1 aliphatic carbocycles. The summed E-state index contributed by atoms with van der Waals surface area (Å²) in [6.07, 6.45) is 4.75. The van der Waals surface area contributed by atoms with Crippen LogP contribution in [0.5, 0.6) is 0 Å². The molecule has 76 valence electrons. The van der Waals surface area contributed by atoms with Crippen molar-refractivity contribution in [1.29, 1.82) is 0 Å². The van der Waals surface area contributed by atoms with E-state index in [9.17, 15) is 4.79 Å². The van der Waals surface area contributed by atoms with E-state index in [1.807, 2.05) is 0 Å². The molecule has 0 aromatic heterocycles. The van der Waals surface area contributed by atoms with Gasteiger partial charge in [0, 0.05) is 18.0 Å². The van der Waals surface area contributed by atoms with Crippen molar-refractivity contribution in [3.05, 3.63) is 0 Å². The molecule has 0 radical (unpaired) electrons. The highest BCUT2D eigenvalue weighted by molar-refractivity contribution is 5.79. The second-order valence-electron chi connectivity index (χ2n) is 4.43. The molecule has 0 spiro atoms. The molecule has 1 fully saturated rings. The van der Waals surface area contributed by atoms with Crippen molar-refractivity contribution in [2.45, 2.75) is 58.5 Å². The normalized spacial score (nSPS) is 29.2. The van der Waals surface area contributed by atoms with Crippen molar-refractivity contribution >= 4 is 5.78 Å². The van der Waals surface area contributed by atoms with E-state index in [0.29, 0.717) is 17.9 Å². The van der Waals surface area contributed by atoms with E-state index in [-0.39, 0.29) is 5.92 Å². The molecular weight excluding hydrogens is 162 g/mol. The largest absolute Gasteiger partial charge is 0.311 e. The van der Waals surface area contributed by atoms with Gasteiger partial charge in [0.25, 0.3) is 0 Å². The van der Waals surface area contributed by atoms with Gasteiger partial charge in [0.1, 0.15) is 5.78 Å². The van der Waals surface area contributed by atoms with Crippen molar-refractivity contribution < 1.29 is 4.79 Å². The summed E-state index contributed by atoms with van der Waals surface area (Å²) in [7, 11) is 0. The van der Waals surface area contributed by atoms with Crippen LogP contribution in [0.25, 0.3) is 0 Å². The molecule has 2 nitrogen and oxygen atoms in total. The third kappa shape index (κ3) is 3.11. The Morgan fingerprint density at radius 3 is 2.46 bits per heavy atom. The first-order chi connectivity index (χ1) is 6.11. The number of hydrogen-bond acceptors (Lipinski definition) is 2. The van der Waals surface area contributed by atoms with Crippen LogP contribution in [0.4, 0.5) is 0 Å². The molecule has 0 bridgehead atoms. The number of carbonyl (C=O) groups excluding carboxylic acids is 1. The maximum atomic E-state index is 11.4. The van der Waals surface area contributed by atoms with Crippen molar-refractivity contribution in [3.8, 4) is 0 Å². The Kier molecular flexibility index (Phi) is 3.91. The Morgan fingerprint density at radius 1 is 1.31 bits per heavy atom. The van der Waals surface area contributed by atoms with E-state index in [1.54, 1.807) is 6.92 Å². The minimum atomic E-state index is 0.274. The average Bonchev–Trinajstić information content (AvgIpc) is 2.03. The van der Waals surface area contributed by atoms with Crippen molar-refractivity contribution in [2.75, 3.05) is 0 Å². The zero-order valence-electron chi connectivity index (χ0n) is 8.97. The van der Waals surface area contributed by atoms with Gasteiger partial charge in [-0.25, -0.2) is 0 Å². The minimum Gasteiger partial charge on any atom is -0.311 e. The molecule has 0 aliphatic heterocycles. The third-order valence-electron chi connectivity index (χ3n) is 2.84. The lowest BCUT2D eigenvalue weighted by Crippen LogP contribution is -2.44. The van der Waals surface area contributed by atoms with Crippen LogP contribution >= 0.6 is 0 Å². The summed E-state index contributed by atoms with van der Waals surface area (Å²) in [6, 6.07) is 0.927. The summed E-state index contributed by atoms with van der Waals surface area (Å²) < 4.78 is 0. The van der Waals surface area contributed by atoms with Gasteiger partial charge in [-0.15, -0.1) is 0 Å². The number of nitrogens with one attached hydrogen (secondary N) is 1. The maximum absolute atomic E-state index is 11.4. The summed E-state index contributed by atoms with van der Waals surface area (Å²) in [6.45, 7) is 6.02. The van der Waals surface area contributed by atoms with Crippen LogP contribution in [0, 0.1) is 5.92 Å². The second-order valence-corrected chi connectivity index (χ2v) is 4.43. The van der Waals surface area contributed by atoms with E-state index in [0.717, 1.165) is 6.42 Å². The molecule has 0 aromatic carbocycles. The van der Waals surface area contributed by atoms with Gasteiger partial charge in [-0.1, -0.05) is 26.7 Å². The molecule has 1 N–H and O–H groups in total. The van der Waals surface area contributed by atoms with Gasteiger partial charge in [-0.05, 0) is 19.8 Å². The number of Topliss-reactive ketones (excluding diaryl/α,β-unsaturated/α-hetero) is 1. The number of hydrogen-bond donors (Lipinski definition) is 1. The third-order valence-corrected chi connectivity index (χ3v) is 2.84. The standard InChI is InChI=1S/C11H21NO/c1-8(2)12-11-7-5-4-6-10(11)9(3)13/h8,10-12H,4-7H2,1-3H3. The molecule has 13 heavy (non-hydrogen) atoms. The van der Waals surface area contributed by atoms with Gasteiger partial charge in [0.15, 0.2) is 0 Å². The smallest absolute Gasteiger partial charge is 0.134 e. The minimum absolute atomic E-state index is 0.274. The van der Waals surface area contributed by atoms with E-state index in [4.69, 9.17) is 0 Å². The molecular formula is C11H21NO. The van der Waals surface area contributed by atoms with Gasteiger partial charge in [-0.2, -0.15) is 0 Å². The van der Waals surface area contributed by atoms with Crippen LogP contribution in [0.2, 0.25) is 0 Å². The first-order valence-electron chi connectivity index (χ1n) is 5.37. The summed E-state index contributed by atoms with van der Waals surface area (Å²) in [5.74, 6) is 0.633. The molecule has 0 heterocycles. The molecule has 1 saturated carbocycles. The molecule has 1 aliphatic rings. The molecule has 2 atom stereocenters. The predicted octanol–water partition coefficient (Wildman–Crippen LogP) is 2.13. The molecule has 0 saturated heterocycles. The van der Waals surface area contributed by atoms with Crippen LogP contribution in [0.3, 0.4) is 0 Å². The van der Waals surface area contributed by atoms with Crippen LogP contribution in [-0.2, 0) is 4.79 Å². The van der Waals surface area contributed by atoms with Crippen LogP contribution in [0.15, 0.2) is 0 Å². The lowest BCUT2D eigenvalue weighted by Gasteiger charge is -2.32. The fourth-order valence-corrected chi connectivity index (χ4v) is 2.25. The van der Waals surface area contributed by atoms with Crippen molar-refractivity contribution in [1.82, 2.24) is 5.32 Å². The first kappa shape index (κ1) is 10.7. The molecule has 2 heteroatoms. The van der Waals surface area contributed by atoms with Gasteiger partial charge in [-0.3, -0.25) is 4.79 Å². The lowest BCUT2D eigenvalue weighted by molar-refractivity contribution is -0.122. The van der Waals surface area contributed by atoms with Crippen molar-refractivity contribution in [2.24, 2.45) is 5.92 Å². The van der Waals surface area contributed by atoms with Gasteiger partial charge in [0.05, 0.1) is 0 Å². The van der Waals surface area contributed by atoms with Crippen molar-refractivity contribution in [3.63, 3.8) is 0 Å². The predicted molar refractivity (Wildman–Crippen MR) is 54.7 cm³/mol. The topological polar surface area (TPSA) is 29.1 Å². The Morgan fingerprint density at radius 2 is 1.92 bits per heavy atom. The Bertz CT molecular complexity index is 177.